The highest BCUT2D eigenvalue weighted by Gasteiger charge is 2.31. The highest BCUT2D eigenvalue weighted by atomic mass is 16.5. The number of piperidine rings is 1. The molecule has 0 aliphatic carbocycles. The van der Waals surface area contributed by atoms with Gasteiger partial charge in [-0.15, -0.1) is 5.10 Å². The molecule has 8 nitrogen and oxygen atoms in total. The Bertz CT molecular complexity index is 747. The minimum absolute atomic E-state index is 0.0585. The summed E-state index contributed by atoms with van der Waals surface area (Å²) in [5, 5.41) is 15.0. The first-order valence-electron chi connectivity index (χ1n) is 8.95. The first-order chi connectivity index (χ1) is 12.6. The lowest BCUT2D eigenvalue weighted by Crippen LogP contribution is -2.49. The molecule has 3 rings (SSSR count). The van der Waals surface area contributed by atoms with Crippen molar-refractivity contribution in [1.29, 1.82) is 0 Å². The topological polar surface area (TPSA) is 85.2 Å². The van der Waals surface area contributed by atoms with Gasteiger partial charge in [0.1, 0.15) is 17.6 Å². The summed E-state index contributed by atoms with van der Waals surface area (Å²) in [7, 11) is 3.58. The van der Waals surface area contributed by atoms with Gasteiger partial charge in [0.05, 0.1) is 7.11 Å². The van der Waals surface area contributed by atoms with Crippen molar-refractivity contribution in [3.05, 3.63) is 35.7 Å². The number of likely N-dealkylation sites (N-methyl/N-ethyl adjacent to an activating group) is 1. The molecule has 1 aromatic heterocycles. The second-order valence-electron chi connectivity index (χ2n) is 6.65. The van der Waals surface area contributed by atoms with Gasteiger partial charge in [0, 0.05) is 25.6 Å². The summed E-state index contributed by atoms with van der Waals surface area (Å²) in [6.45, 7) is 3.30. The van der Waals surface area contributed by atoms with E-state index < -0.39 is 6.04 Å². The lowest BCUT2D eigenvalue weighted by atomic mass is 10.0. The van der Waals surface area contributed by atoms with Gasteiger partial charge in [0.2, 0.25) is 5.91 Å². The molecule has 1 saturated heterocycles. The number of aryl methyl sites for hydroxylation is 1. The molecule has 1 aliphatic rings. The van der Waals surface area contributed by atoms with Crippen LogP contribution in [0.4, 0.5) is 0 Å². The van der Waals surface area contributed by atoms with Gasteiger partial charge in [0.25, 0.3) is 0 Å². The molecule has 0 saturated carbocycles. The molecule has 1 aliphatic heterocycles. The number of aromatic nitrogens is 4. The molecule has 0 bridgehead atoms. The van der Waals surface area contributed by atoms with Crippen molar-refractivity contribution in [3.63, 3.8) is 0 Å². The Hall–Kier alpha value is -2.48. The van der Waals surface area contributed by atoms with Crippen molar-refractivity contribution in [2.75, 3.05) is 27.2 Å². The van der Waals surface area contributed by atoms with Crippen LogP contribution in [0.2, 0.25) is 0 Å². The second-order valence-corrected chi connectivity index (χ2v) is 6.65. The summed E-state index contributed by atoms with van der Waals surface area (Å²) in [6.07, 6.45) is 2.60. The summed E-state index contributed by atoms with van der Waals surface area (Å²) in [6, 6.07) is 7.64. The summed E-state index contributed by atoms with van der Waals surface area (Å²) < 4.78 is 6.94. The average molecular weight is 358 g/mol. The molecular formula is C18H26N6O2. The van der Waals surface area contributed by atoms with E-state index in [1.807, 2.05) is 43.1 Å². The number of nitrogens with one attached hydrogen (secondary N) is 1. The Morgan fingerprint density at radius 3 is 3.00 bits per heavy atom. The first-order valence-corrected chi connectivity index (χ1v) is 8.95. The number of benzene rings is 1. The molecule has 0 spiro atoms. The number of methoxy groups -OCH3 is 1. The predicted octanol–water partition coefficient (Wildman–Crippen LogP) is 0.984. The lowest BCUT2D eigenvalue weighted by Gasteiger charge is -2.35. The van der Waals surface area contributed by atoms with Crippen molar-refractivity contribution in [2.45, 2.75) is 38.3 Å². The van der Waals surface area contributed by atoms with Crippen LogP contribution in [0.25, 0.3) is 0 Å². The number of carbonyl (C=O) groups is 1. The van der Waals surface area contributed by atoms with Crippen molar-refractivity contribution in [1.82, 2.24) is 30.4 Å². The molecule has 0 radical (unpaired) electrons. The monoisotopic (exact) mass is 358 g/mol. The van der Waals surface area contributed by atoms with E-state index in [1.54, 1.807) is 11.8 Å². The molecular weight excluding hydrogens is 332 g/mol. The fourth-order valence-electron chi connectivity index (χ4n) is 3.45. The Morgan fingerprint density at radius 2 is 2.31 bits per heavy atom. The number of nitrogens with zero attached hydrogens (tertiary/aromatic N) is 5. The lowest BCUT2D eigenvalue weighted by molar-refractivity contribution is -0.136. The standard InChI is InChI=1S/C18H26N6O2/c1-13-20-21-22-24(13)17(11-14-6-4-8-16(10-14)26-3)18(25)23-9-5-7-15(12-23)19-2/h4,6,8,10,15,17,19H,5,7,9,11-12H2,1-3H3. The normalized spacial score (nSPS) is 18.6. The van der Waals surface area contributed by atoms with Crippen LogP contribution in [0, 0.1) is 6.92 Å². The fourth-order valence-corrected chi connectivity index (χ4v) is 3.45. The van der Waals surface area contributed by atoms with E-state index in [-0.39, 0.29) is 5.91 Å². The SMILES string of the molecule is CNC1CCCN(C(=O)C(Cc2cccc(OC)c2)n2nnnc2C)C1. The Balaban J connectivity index is 1.86. The molecule has 26 heavy (non-hydrogen) atoms. The van der Waals surface area contributed by atoms with Crippen LogP contribution in [-0.2, 0) is 11.2 Å². The third-order valence-electron chi connectivity index (χ3n) is 4.94. The van der Waals surface area contributed by atoms with Gasteiger partial charge in [-0.3, -0.25) is 4.79 Å². The number of hydrogen-bond donors (Lipinski definition) is 1. The van der Waals surface area contributed by atoms with Crippen molar-refractivity contribution >= 4 is 5.91 Å². The highest BCUT2D eigenvalue weighted by Crippen LogP contribution is 2.22. The zero-order chi connectivity index (χ0) is 18.5. The van der Waals surface area contributed by atoms with E-state index in [1.165, 1.54) is 0 Å². The van der Waals surface area contributed by atoms with E-state index in [4.69, 9.17) is 4.74 Å². The zero-order valence-electron chi connectivity index (χ0n) is 15.6. The molecule has 140 valence electrons. The maximum Gasteiger partial charge on any atom is 0.247 e. The van der Waals surface area contributed by atoms with Crippen LogP contribution in [0.15, 0.2) is 24.3 Å². The van der Waals surface area contributed by atoms with Crippen molar-refractivity contribution < 1.29 is 9.53 Å². The maximum atomic E-state index is 13.3. The summed E-state index contributed by atoms with van der Waals surface area (Å²) in [4.78, 5) is 15.2. The Kier molecular flexibility index (Phi) is 5.82. The number of tetrazole rings is 1. The van der Waals surface area contributed by atoms with Gasteiger partial charge >= 0.3 is 0 Å². The van der Waals surface area contributed by atoms with E-state index in [0.717, 1.165) is 30.7 Å². The fraction of sp³-hybridized carbons (Fsp3) is 0.556. The predicted molar refractivity (Wildman–Crippen MR) is 97.0 cm³/mol. The molecule has 2 heterocycles. The second kappa shape index (κ2) is 8.27. The van der Waals surface area contributed by atoms with Crippen molar-refractivity contribution in [2.24, 2.45) is 0 Å². The molecule has 2 unspecified atom stereocenters. The van der Waals surface area contributed by atoms with E-state index in [0.29, 0.717) is 24.8 Å². The number of likely N-dealkylation sites (tertiary alicyclic amines) is 1. The minimum Gasteiger partial charge on any atom is -0.497 e. The van der Waals surface area contributed by atoms with Crippen LogP contribution < -0.4 is 10.1 Å². The molecule has 8 heteroatoms. The zero-order valence-corrected chi connectivity index (χ0v) is 15.6. The van der Waals surface area contributed by atoms with Gasteiger partial charge in [-0.2, -0.15) is 0 Å². The molecule has 2 aromatic rings. The van der Waals surface area contributed by atoms with Gasteiger partial charge in [-0.1, -0.05) is 12.1 Å². The molecule has 2 atom stereocenters. The maximum absolute atomic E-state index is 13.3. The van der Waals surface area contributed by atoms with Crippen LogP contribution in [0.5, 0.6) is 5.75 Å². The third-order valence-corrected chi connectivity index (χ3v) is 4.94. The number of rotatable bonds is 6. The average Bonchev–Trinajstić information content (AvgIpc) is 3.11. The van der Waals surface area contributed by atoms with Crippen LogP contribution in [0.1, 0.15) is 30.3 Å². The number of carbonyl (C=O) groups excluding carboxylic acids is 1. The Morgan fingerprint density at radius 1 is 1.46 bits per heavy atom. The van der Waals surface area contributed by atoms with Gasteiger partial charge in [-0.05, 0) is 54.9 Å². The number of hydrogen-bond acceptors (Lipinski definition) is 6. The van der Waals surface area contributed by atoms with Crippen LogP contribution >= 0.6 is 0 Å². The molecule has 1 fully saturated rings. The third kappa shape index (κ3) is 4.01. The molecule has 1 amide bonds. The number of amides is 1. The van der Waals surface area contributed by atoms with Gasteiger partial charge < -0.3 is 15.0 Å². The summed E-state index contributed by atoms with van der Waals surface area (Å²) in [5.41, 5.74) is 1.01. The highest BCUT2D eigenvalue weighted by molar-refractivity contribution is 5.81. The summed E-state index contributed by atoms with van der Waals surface area (Å²) >= 11 is 0. The smallest absolute Gasteiger partial charge is 0.247 e. The van der Waals surface area contributed by atoms with Crippen molar-refractivity contribution in [3.8, 4) is 5.75 Å². The van der Waals surface area contributed by atoms with Crippen LogP contribution in [-0.4, -0.2) is 64.3 Å². The molecule has 1 N–H and O–H groups in total. The van der Waals surface area contributed by atoms with Crippen LogP contribution in [0.3, 0.4) is 0 Å². The quantitative estimate of drug-likeness (QED) is 0.829. The van der Waals surface area contributed by atoms with E-state index >= 15 is 0 Å². The van der Waals surface area contributed by atoms with Gasteiger partial charge in [0.15, 0.2) is 0 Å². The van der Waals surface area contributed by atoms with E-state index in [9.17, 15) is 4.79 Å². The largest absolute Gasteiger partial charge is 0.497 e. The Labute approximate surface area is 153 Å². The minimum atomic E-state index is -0.465. The number of ether oxygens (including phenoxy) is 1. The summed E-state index contributed by atoms with van der Waals surface area (Å²) in [5.74, 6) is 1.46. The first kappa shape index (κ1) is 18.3. The molecule has 1 aromatic carbocycles. The van der Waals surface area contributed by atoms with Gasteiger partial charge in [-0.25, -0.2) is 4.68 Å². The van der Waals surface area contributed by atoms with E-state index in [2.05, 4.69) is 20.8 Å².